The molecule has 0 bridgehead atoms. The van der Waals surface area contributed by atoms with Crippen LogP contribution in [-0.4, -0.2) is 23.8 Å². The molecule has 1 aromatic heterocycles. The van der Waals surface area contributed by atoms with Crippen LogP contribution in [0.2, 0.25) is 0 Å². The molecular weight excluding hydrogens is 399 g/mol. The van der Waals surface area contributed by atoms with Crippen molar-refractivity contribution < 1.29 is 22.6 Å². The number of hydrogen-bond acceptors (Lipinski definition) is 5. The number of aryl methyl sites for hydroxylation is 1. The van der Waals surface area contributed by atoms with E-state index in [0.29, 0.717) is 11.4 Å². The zero-order valence-corrected chi connectivity index (χ0v) is 16.8. The van der Waals surface area contributed by atoms with E-state index in [1.165, 1.54) is 17.9 Å². The number of ether oxygens (including phenoxy) is 2. The maximum absolute atomic E-state index is 13.6. The average molecular weight is 419 g/mol. The van der Waals surface area contributed by atoms with Crippen LogP contribution in [0.25, 0.3) is 0 Å². The lowest BCUT2D eigenvalue weighted by molar-refractivity contribution is 0.402. The molecule has 3 aromatic rings. The summed E-state index contributed by atoms with van der Waals surface area (Å²) < 4.78 is 52.4. The van der Waals surface area contributed by atoms with Gasteiger partial charge in [0.25, 0.3) is 0 Å². The lowest BCUT2D eigenvalue weighted by atomic mass is 10.1. The van der Waals surface area contributed by atoms with Crippen LogP contribution in [0.15, 0.2) is 35.3 Å². The van der Waals surface area contributed by atoms with Crippen molar-refractivity contribution in [2.75, 3.05) is 19.5 Å². The zero-order chi connectivity index (χ0) is 22.0. The number of benzene rings is 2. The standard InChI is InChI=1S/C21H20F3N3O3/c1-11-5-16(12(2)17(6-11)29-3)25-21-26-20(28)18(30-4)10-27(21)9-13-7-14(22)19(24)15(23)8-13/h5-8,10H,9H2,1-4H3,(H,25,26,28). The molecule has 1 heterocycles. The summed E-state index contributed by atoms with van der Waals surface area (Å²) in [7, 11) is 2.85. The summed E-state index contributed by atoms with van der Waals surface area (Å²) in [5.74, 6) is -3.46. The largest absolute Gasteiger partial charge is 0.496 e. The highest BCUT2D eigenvalue weighted by atomic mass is 19.2. The van der Waals surface area contributed by atoms with Gasteiger partial charge in [-0.3, -0.25) is 4.79 Å². The molecule has 9 heteroatoms. The summed E-state index contributed by atoms with van der Waals surface area (Å²) in [5.41, 5.74) is 1.84. The second-order valence-electron chi connectivity index (χ2n) is 6.70. The molecule has 158 valence electrons. The highest BCUT2D eigenvalue weighted by Crippen LogP contribution is 2.29. The molecule has 1 N–H and O–H groups in total. The van der Waals surface area contributed by atoms with E-state index in [-0.39, 0.29) is 23.8 Å². The minimum Gasteiger partial charge on any atom is -0.496 e. The van der Waals surface area contributed by atoms with Gasteiger partial charge in [-0.15, -0.1) is 0 Å². The summed E-state index contributed by atoms with van der Waals surface area (Å²) in [6, 6.07) is 5.47. The SMILES string of the molecule is COc1cc(C)cc(Nc2nc(=O)c(OC)cn2Cc2cc(F)c(F)c(F)c2)c1C. The normalized spacial score (nSPS) is 10.8. The molecule has 3 rings (SSSR count). The number of nitrogens with zero attached hydrogens (tertiary/aromatic N) is 2. The molecule has 30 heavy (non-hydrogen) atoms. The molecule has 0 amide bonds. The topological polar surface area (TPSA) is 65.4 Å². The predicted molar refractivity (Wildman–Crippen MR) is 106 cm³/mol. The summed E-state index contributed by atoms with van der Waals surface area (Å²) in [6.45, 7) is 3.62. The molecule has 2 aromatic carbocycles. The number of aromatic nitrogens is 2. The fourth-order valence-corrected chi connectivity index (χ4v) is 3.02. The fourth-order valence-electron chi connectivity index (χ4n) is 3.02. The second-order valence-corrected chi connectivity index (χ2v) is 6.70. The molecule has 0 fully saturated rings. The maximum Gasteiger partial charge on any atom is 0.316 e. The Bertz CT molecular complexity index is 1140. The third-order valence-corrected chi connectivity index (χ3v) is 4.55. The molecular formula is C21H20F3N3O3. The van der Waals surface area contributed by atoms with Crippen LogP contribution in [0.4, 0.5) is 24.8 Å². The molecule has 0 atom stereocenters. The third-order valence-electron chi connectivity index (χ3n) is 4.55. The Morgan fingerprint density at radius 3 is 2.23 bits per heavy atom. The van der Waals surface area contributed by atoms with Crippen LogP contribution in [0.3, 0.4) is 0 Å². The van der Waals surface area contributed by atoms with Gasteiger partial charge in [-0.25, -0.2) is 13.2 Å². The lowest BCUT2D eigenvalue weighted by Gasteiger charge is -2.18. The lowest BCUT2D eigenvalue weighted by Crippen LogP contribution is -2.19. The monoisotopic (exact) mass is 419 g/mol. The zero-order valence-electron chi connectivity index (χ0n) is 16.8. The summed E-state index contributed by atoms with van der Waals surface area (Å²) >= 11 is 0. The third kappa shape index (κ3) is 4.24. The Kier molecular flexibility index (Phi) is 6.00. The Morgan fingerprint density at radius 1 is 1.00 bits per heavy atom. The van der Waals surface area contributed by atoms with E-state index >= 15 is 0 Å². The fraction of sp³-hybridized carbons (Fsp3) is 0.238. The van der Waals surface area contributed by atoms with Crippen molar-refractivity contribution in [3.05, 3.63) is 75.0 Å². The second kappa shape index (κ2) is 8.48. The molecule has 0 saturated carbocycles. The van der Waals surface area contributed by atoms with Gasteiger partial charge in [0, 0.05) is 11.3 Å². The van der Waals surface area contributed by atoms with E-state index in [2.05, 4.69) is 10.3 Å². The van der Waals surface area contributed by atoms with Gasteiger partial charge in [0.15, 0.2) is 17.5 Å². The first-order valence-electron chi connectivity index (χ1n) is 8.94. The molecule has 0 radical (unpaired) electrons. The first-order chi connectivity index (χ1) is 14.2. The van der Waals surface area contributed by atoms with E-state index in [9.17, 15) is 18.0 Å². The van der Waals surface area contributed by atoms with Gasteiger partial charge < -0.3 is 19.4 Å². The Hall–Kier alpha value is -3.49. The van der Waals surface area contributed by atoms with Crippen LogP contribution in [-0.2, 0) is 6.54 Å². The van der Waals surface area contributed by atoms with Crippen molar-refractivity contribution in [3.8, 4) is 11.5 Å². The minimum atomic E-state index is -1.55. The first-order valence-corrected chi connectivity index (χ1v) is 8.94. The molecule has 0 saturated heterocycles. The number of methoxy groups -OCH3 is 2. The Balaban J connectivity index is 2.08. The van der Waals surface area contributed by atoms with Crippen molar-refractivity contribution in [1.29, 1.82) is 0 Å². The highest BCUT2D eigenvalue weighted by molar-refractivity contribution is 5.64. The van der Waals surface area contributed by atoms with Crippen LogP contribution in [0, 0.1) is 31.3 Å². The van der Waals surface area contributed by atoms with Gasteiger partial charge >= 0.3 is 5.56 Å². The molecule has 0 aliphatic heterocycles. The van der Waals surface area contributed by atoms with Gasteiger partial charge in [-0.05, 0) is 49.2 Å². The molecule has 0 aliphatic rings. The van der Waals surface area contributed by atoms with Crippen LogP contribution in [0.1, 0.15) is 16.7 Å². The van der Waals surface area contributed by atoms with Gasteiger partial charge in [0.1, 0.15) is 5.75 Å². The quantitative estimate of drug-likeness (QED) is 0.610. The Labute approximate surface area is 170 Å². The van der Waals surface area contributed by atoms with Crippen molar-refractivity contribution >= 4 is 11.6 Å². The number of hydrogen-bond donors (Lipinski definition) is 1. The van der Waals surface area contributed by atoms with Gasteiger partial charge in [-0.2, -0.15) is 4.98 Å². The summed E-state index contributed by atoms with van der Waals surface area (Å²) in [4.78, 5) is 16.2. The number of nitrogens with one attached hydrogen (secondary N) is 1. The molecule has 6 nitrogen and oxygen atoms in total. The molecule has 0 unspecified atom stereocenters. The predicted octanol–water partition coefficient (Wildman–Crippen LogP) is 4.09. The summed E-state index contributed by atoms with van der Waals surface area (Å²) in [5, 5.41) is 3.06. The van der Waals surface area contributed by atoms with E-state index in [1.54, 1.807) is 7.11 Å². The average Bonchev–Trinajstić information content (AvgIpc) is 2.70. The van der Waals surface area contributed by atoms with Crippen molar-refractivity contribution in [1.82, 2.24) is 9.55 Å². The minimum absolute atomic E-state index is 0.0536. The van der Waals surface area contributed by atoms with Crippen LogP contribution < -0.4 is 20.3 Å². The number of anilines is 2. The summed E-state index contributed by atoms with van der Waals surface area (Å²) in [6.07, 6.45) is 1.36. The van der Waals surface area contributed by atoms with Gasteiger partial charge in [0.05, 0.1) is 27.0 Å². The smallest absolute Gasteiger partial charge is 0.316 e. The number of rotatable bonds is 6. The van der Waals surface area contributed by atoms with E-state index in [4.69, 9.17) is 9.47 Å². The molecule has 0 spiro atoms. The highest BCUT2D eigenvalue weighted by Gasteiger charge is 2.15. The number of halogens is 3. The maximum atomic E-state index is 13.6. The van der Waals surface area contributed by atoms with Crippen LogP contribution >= 0.6 is 0 Å². The van der Waals surface area contributed by atoms with Gasteiger partial charge in [-0.1, -0.05) is 0 Å². The first kappa shape index (κ1) is 21.2. The van der Waals surface area contributed by atoms with Crippen molar-refractivity contribution in [3.63, 3.8) is 0 Å². The van der Waals surface area contributed by atoms with Crippen LogP contribution in [0.5, 0.6) is 11.5 Å². The molecule has 0 aliphatic carbocycles. The van der Waals surface area contributed by atoms with E-state index in [0.717, 1.165) is 23.3 Å². The van der Waals surface area contributed by atoms with Crippen molar-refractivity contribution in [2.45, 2.75) is 20.4 Å². The van der Waals surface area contributed by atoms with E-state index < -0.39 is 23.0 Å². The van der Waals surface area contributed by atoms with Gasteiger partial charge in [0.2, 0.25) is 11.7 Å². The van der Waals surface area contributed by atoms with E-state index in [1.807, 2.05) is 26.0 Å². The van der Waals surface area contributed by atoms with Crippen molar-refractivity contribution in [2.24, 2.45) is 0 Å². The Morgan fingerprint density at radius 2 is 1.63 bits per heavy atom.